The highest BCUT2D eigenvalue weighted by Gasteiger charge is 2.26. The third kappa shape index (κ3) is 6.91. The molecular weight excluding hydrogens is 805 g/mol. The molecule has 0 radical (unpaired) electrons. The van der Waals surface area contributed by atoms with Gasteiger partial charge in [-0.15, -0.1) is 0 Å². The molecule has 0 unspecified atom stereocenters. The second-order valence-electron chi connectivity index (χ2n) is 15.0. The molecule has 0 atom stereocenters. The van der Waals surface area contributed by atoms with Crippen LogP contribution in [0.5, 0.6) is 11.5 Å². The minimum Gasteiger partial charge on any atom is -0.457 e. The molecule has 0 fully saturated rings. The summed E-state index contributed by atoms with van der Waals surface area (Å²) in [5.41, 5.74) is 0.667. The van der Waals surface area contributed by atoms with E-state index in [1.807, 2.05) is 24.3 Å². The Bertz CT molecular complexity index is 4870. The number of nitrogens with zero attached hydrogens (tertiary/aromatic N) is 4. The number of ether oxygens (including phenoxy) is 1. The molecule has 0 N–H and O–H groups in total. The molecule has 0 saturated heterocycles. The number of pyridine rings is 1. The summed E-state index contributed by atoms with van der Waals surface area (Å²) in [6.07, 6.45) is 2.74. The number of aromatic nitrogens is 4. The van der Waals surface area contributed by atoms with Crippen molar-refractivity contribution in [3.8, 4) is 73.2 Å². The average Bonchev–Trinajstić information content (AvgIpc) is 1.71. The fraction of sp³-hybridized carbons (Fsp3) is 0.0164. The molecule has 0 aliphatic carbocycles. The maximum absolute atomic E-state index is 9.15. The van der Waals surface area contributed by atoms with E-state index in [0.717, 1.165) is 5.39 Å². The van der Waals surface area contributed by atoms with Crippen LogP contribution in [-0.4, -0.2) is 14.1 Å². The van der Waals surface area contributed by atoms with E-state index in [4.69, 9.17) is 36.3 Å². The van der Waals surface area contributed by atoms with Gasteiger partial charge in [0.25, 0.3) is 6.33 Å². The molecule has 312 valence electrons. The average molecular weight is 871 g/mol. The topological polar surface area (TPSA) is 35.9 Å². The molecule has 12 aromatic rings. The van der Waals surface area contributed by atoms with Crippen LogP contribution >= 0.6 is 0 Å². The Morgan fingerprint density at radius 3 is 1.82 bits per heavy atom. The van der Waals surface area contributed by atoms with Gasteiger partial charge in [0.1, 0.15) is 28.7 Å². The van der Waals surface area contributed by atoms with Gasteiger partial charge in [-0.3, -0.25) is 4.57 Å². The van der Waals surface area contributed by atoms with Crippen LogP contribution in [0.4, 0.5) is 0 Å². The summed E-state index contributed by atoms with van der Waals surface area (Å²) in [4.78, 5) is 4.67. The van der Waals surface area contributed by atoms with Crippen LogP contribution in [0, 0.1) is 6.85 Å². The van der Waals surface area contributed by atoms with Gasteiger partial charge in [0, 0.05) is 49.9 Å². The standard InChI is InChI=1S/C61H43N4O/c1-42-36-60(62-40-55(42)46-24-12-5-13-25-46)65-56-31-15-14-28-53(56)54-34-33-50(39-58(54)65)66-49-27-16-26-48(38-49)63-41-64(57-35-32-47(37-59(57)63)43-18-6-2-7-19-43)61-51(44-20-8-3-9-21-44)29-17-30-52(61)45-22-10-4-11-23-45/h2-41H,1H3/q+1/i1D3,2D,3D,4D,5D,6D,7D,8D,9D,10D,11D,12D,13D,18D,19D,20D,21D,22D,23D,24D,25D. The molecule has 3 heterocycles. The minimum absolute atomic E-state index is 0.00385. The van der Waals surface area contributed by atoms with Crippen molar-refractivity contribution in [2.75, 3.05) is 0 Å². The van der Waals surface area contributed by atoms with Gasteiger partial charge in [0.2, 0.25) is 0 Å². The molecule has 0 saturated carbocycles. The summed E-state index contributed by atoms with van der Waals surface area (Å²) in [6, 6.07) is 17.3. The van der Waals surface area contributed by atoms with Crippen LogP contribution in [0.3, 0.4) is 0 Å². The molecule has 0 aliphatic heterocycles. The number of para-hydroxylation sites is 2. The zero-order valence-electron chi connectivity index (χ0n) is 57.2. The van der Waals surface area contributed by atoms with Crippen LogP contribution in [0.1, 0.15) is 37.1 Å². The Morgan fingerprint density at radius 1 is 0.500 bits per heavy atom. The van der Waals surface area contributed by atoms with E-state index in [9.17, 15) is 0 Å². The largest absolute Gasteiger partial charge is 0.457 e. The van der Waals surface area contributed by atoms with Gasteiger partial charge in [0.05, 0.1) is 38.4 Å². The molecule has 66 heavy (non-hydrogen) atoms. The van der Waals surface area contributed by atoms with Crippen molar-refractivity contribution in [3.63, 3.8) is 0 Å². The maximum Gasteiger partial charge on any atom is 0.255 e. The quantitative estimate of drug-likeness (QED) is 0.136. The SMILES string of the molecule is [2H]c1c([2H])c([2H])c(-c2ccc3c(c2)n(-c2cccc(Oc4ccc5c6ccccc6n(-c6cc(C([2H])([2H])[2H])c(-c7c([2H])c([2H])c([2H])c([2H])c7[2H])cn6)c5c4)c2)c[n+]3-c2c(-c3c([2H])c([2H])c([2H])c([2H])c3[2H])cccc2-c2c([2H])c([2H])c([2H])c([2H])c2[2H])c([2H])c1[2H]. The van der Waals surface area contributed by atoms with E-state index in [-0.39, 0.29) is 84.1 Å². The van der Waals surface area contributed by atoms with Crippen molar-refractivity contribution in [1.82, 2.24) is 14.1 Å². The Hall–Kier alpha value is -8.80. The zero-order valence-corrected chi connectivity index (χ0v) is 34.2. The van der Waals surface area contributed by atoms with Crippen molar-refractivity contribution in [3.05, 3.63) is 248 Å². The highest BCUT2D eigenvalue weighted by atomic mass is 16.5. The number of imidazole rings is 1. The summed E-state index contributed by atoms with van der Waals surface area (Å²) in [7, 11) is 0. The third-order valence-corrected chi connectivity index (χ3v) is 11.2. The van der Waals surface area contributed by atoms with Crippen molar-refractivity contribution in [2.24, 2.45) is 0 Å². The van der Waals surface area contributed by atoms with E-state index >= 15 is 0 Å². The fourth-order valence-corrected chi connectivity index (χ4v) is 8.31. The predicted molar refractivity (Wildman–Crippen MR) is 270 cm³/mol. The first-order valence-corrected chi connectivity index (χ1v) is 20.5. The molecule has 9 aromatic carbocycles. The van der Waals surface area contributed by atoms with Gasteiger partial charge in [0.15, 0.2) is 11.0 Å². The molecule has 5 heteroatoms. The number of hydrogen-bond acceptors (Lipinski definition) is 2. The number of hydrogen-bond donors (Lipinski definition) is 0. The van der Waals surface area contributed by atoms with Crippen LogP contribution in [0.15, 0.2) is 243 Å². The Kier molecular flexibility index (Phi) is 5.40. The van der Waals surface area contributed by atoms with Gasteiger partial charge < -0.3 is 4.74 Å². The summed E-state index contributed by atoms with van der Waals surface area (Å²) in [5.74, 6) is 0.637. The zero-order chi connectivity index (χ0) is 63.9. The lowest BCUT2D eigenvalue weighted by Gasteiger charge is -2.13. The van der Waals surface area contributed by atoms with Gasteiger partial charge in [-0.1, -0.05) is 163 Å². The van der Waals surface area contributed by atoms with Crippen molar-refractivity contribution >= 4 is 32.8 Å². The van der Waals surface area contributed by atoms with E-state index in [2.05, 4.69) is 4.98 Å². The lowest BCUT2D eigenvalue weighted by atomic mass is 9.95. The van der Waals surface area contributed by atoms with Crippen LogP contribution in [0.25, 0.3) is 94.5 Å². The van der Waals surface area contributed by atoms with Gasteiger partial charge >= 0.3 is 0 Å². The second kappa shape index (κ2) is 16.4. The van der Waals surface area contributed by atoms with Crippen molar-refractivity contribution < 1.29 is 40.8 Å². The summed E-state index contributed by atoms with van der Waals surface area (Å²) < 4.78 is 211. The predicted octanol–water partition coefficient (Wildman–Crippen LogP) is 15.2. The van der Waals surface area contributed by atoms with Gasteiger partial charge in [-0.25, -0.2) is 4.98 Å². The van der Waals surface area contributed by atoms with E-state index in [0.29, 0.717) is 22.1 Å². The normalized spacial score (nSPS) is 16.5. The fourth-order valence-electron chi connectivity index (χ4n) is 8.31. The van der Waals surface area contributed by atoms with Gasteiger partial charge in [-0.05, 0) is 94.8 Å². The highest BCUT2D eigenvalue weighted by Crippen LogP contribution is 2.38. The Morgan fingerprint density at radius 2 is 1.12 bits per heavy atom. The monoisotopic (exact) mass is 870 g/mol. The molecule has 0 bridgehead atoms. The smallest absolute Gasteiger partial charge is 0.255 e. The summed E-state index contributed by atoms with van der Waals surface area (Å²) in [5, 5.41) is 1.46. The van der Waals surface area contributed by atoms with Crippen molar-refractivity contribution in [1.29, 1.82) is 0 Å². The molecular formula is C61H43N4O+. The third-order valence-electron chi connectivity index (χ3n) is 11.2. The minimum atomic E-state index is -2.86. The molecule has 12 rings (SSSR count). The lowest BCUT2D eigenvalue weighted by Crippen LogP contribution is -2.30. The first kappa shape index (κ1) is 21.7. The van der Waals surface area contributed by atoms with Crippen LogP contribution in [0.2, 0.25) is 0 Å². The summed E-state index contributed by atoms with van der Waals surface area (Å²) in [6.45, 7) is -2.86. The highest BCUT2D eigenvalue weighted by molar-refractivity contribution is 6.09. The second-order valence-corrected chi connectivity index (χ2v) is 15.0. The summed E-state index contributed by atoms with van der Waals surface area (Å²) >= 11 is 0. The Labute approximate surface area is 415 Å². The molecule has 3 aromatic heterocycles. The molecule has 0 amide bonds. The lowest BCUT2D eigenvalue weighted by molar-refractivity contribution is -0.566. The maximum atomic E-state index is 9.15. The van der Waals surface area contributed by atoms with Crippen molar-refractivity contribution in [2.45, 2.75) is 6.85 Å². The van der Waals surface area contributed by atoms with Gasteiger partial charge in [-0.2, -0.15) is 9.13 Å². The number of benzene rings is 9. The number of aryl methyl sites for hydroxylation is 1. The van der Waals surface area contributed by atoms with Crippen LogP contribution in [-0.2, 0) is 0 Å². The Balaban J connectivity index is 1.07. The van der Waals surface area contributed by atoms with E-state index < -0.39 is 128 Å². The number of fused-ring (bicyclic) bond motifs is 4. The first-order chi connectivity index (χ1) is 42.1. The van der Waals surface area contributed by atoms with E-state index in [1.54, 1.807) is 74.6 Å². The number of rotatable bonds is 9. The van der Waals surface area contributed by atoms with Crippen LogP contribution < -0.4 is 9.30 Å². The molecule has 5 nitrogen and oxygen atoms in total. The van der Waals surface area contributed by atoms with E-state index in [1.165, 1.54) is 36.5 Å². The molecule has 0 spiro atoms. The first-order valence-electron chi connectivity index (χ1n) is 32.0. The molecule has 0 aliphatic rings.